The molecule has 0 aliphatic rings. The van der Waals surface area contributed by atoms with Crippen molar-refractivity contribution in [2.45, 2.75) is 265 Å². The third-order valence-electron chi connectivity index (χ3n) is 9.78. The van der Waals surface area contributed by atoms with E-state index in [1.807, 2.05) is 0 Å². The Labute approximate surface area is 270 Å². The Morgan fingerprint density at radius 3 is 0.500 bits per heavy atom. The lowest BCUT2D eigenvalue weighted by atomic mass is 9.89. The van der Waals surface area contributed by atoms with Gasteiger partial charge in [-0.3, -0.25) is 0 Å². The van der Waals surface area contributed by atoms with Gasteiger partial charge in [0.1, 0.15) is 0 Å². The Morgan fingerprint density at radius 1 is 0.214 bits per heavy atom. The van der Waals surface area contributed by atoms with Crippen LogP contribution in [0.4, 0.5) is 0 Å². The van der Waals surface area contributed by atoms with E-state index in [1.54, 1.807) is 0 Å². The van der Waals surface area contributed by atoms with Crippen molar-refractivity contribution in [3.05, 3.63) is 0 Å². The van der Waals surface area contributed by atoms with Crippen molar-refractivity contribution in [2.75, 3.05) is 0 Å². The fourth-order valence-electron chi connectivity index (χ4n) is 6.74. The number of unbranched alkanes of at least 4 members (excludes halogenated alkanes) is 35. The maximum absolute atomic E-state index is 2.37. The third-order valence-corrected chi connectivity index (χ3v) is 9.78. The van der Waals surface area contributed by atoms with Crippen LogP contribution in [0, 0.1) is 5.41 Å². The standard InChI is InChI=1S/C42H86/c1-5-6-7-8-9-10-11-12-13-14-15-16-17-18-19-20-21-22-23-24-25-26-27-28-29-30-31-32-33-34-35-36-37-38-39-40-41-42(2,3)4/h5-41H2,1-4H3. The number of rotatable bonds is 36. The molecular weight excluding hydrogens is 504 g/mol. The lowest BCUT2D eigenvalue weighted by Crippen LogP contribution is -2.03. The first-order valence-corrected chi connectivity index (χ1v) is 20.6. The van der Waals surface area contributed by atoms with Gasteiger partial charge in [0, 0.05) is 0 Å². The van der Waals surface area contributed by atoms with E-state index in [4.69, 9.17) is 0 Å². The maximum Gasteiger partial charge on any atom is -0.0383 e. The fourth-order valence-corrected chi connectivity index (χ4v) is 6.74. The van der Waals surface area contributed by atoms with Crippen molar-refractivity contribution in [1.29, 1.82) is 0 Å². The van der Waals surface area contributed by atoms with Crippen LogP contribution < -0.4 is 0 Å². The molecule has 0 saturated heterocycles. The van der Waals surface area contributed by atoms with Crippen LogP contribution >= 0.6 is 0 Å². The molecule has 0 atom stereocenters. The minimum Gasteiger partial charge on any atom is -0.0654 e. The van der Waals surface area contributed by atoms with Crippen LogP contribution in [0.2, 0.25) is 0 Å². The van der Waals surface area contributed by atoms with Crippen LogP contribution in [0.1, 0.15) is 265 Å². The van der Waals surface area contributed by atoms with Crippen molar-refractivity contribution >= 4 is 0 Å². The molecular formula is C42H86. The quantitative estimate of drug-likeness (QED) is 0.0637. The molecule has 0 aromatic heterocycles. The van der Waals surface area contributed by atoms with Gasteiger partial charge in [-0.25, -0.2) is 0 Å². The first-order valence-electron chi connectivity index (χ1n) is 20.6. The molecule has 254 valence electrons. The van der Waals surface area contributed by atoms with Crippen LogP contribution in [-0.4, -0.2) is 0 Å². The van der Waals surface area contributed by atoms with Crippen LogP contribution in [0.25, 0.3) is 0 Å². The predicted molar refractivity (Wildman–Crippen MR) is 196 cm³/mol. The van der Waals surface area contributed by atoms with E-state index in [0.717, 1.165) is 0 Å². The average molecular weight is 591 g/mol. The largest absolute Gasteiger partial charge is 0.0654 e. The van der Waals surface area contributed by atoms with Gasteiger partial charge in [-0.05, 0) is 11.8 Å². The molecule has 0 unspecified atom stereocenters. The lowest BCUT2D eigenvalue weighted by Gasteiger charge is -2.17. The Morgan fingerprint density at radius 2 is 0.357 bits per heavy atom. The summed E-state index contributed by atoms with van der Waals surface area (Å²) in [6, 6.07) is 0. The molecule has 0 rings (SSSR count). The highest BCUT2D eigenvalue weighted by atomic mass is 14.1. The van der Waals surface area contributed by atoms with Crippen molar-refractivity contribution in [1.82, 2.24) is 0 Å². The van der Waals surface area contributed by atoms with Gasteiger partial charge in [-0.2, -0.15) is 0 Å². The second-order valence-electron chi connectivity index (χ2n) is 15.7. The summed E-state index contributed by atoms with van der Waals surface area (Å²) in [6.07, 6.45) is 54.8. The van der Waals surface area contributed by atoms with Gasteiger partial charge in [0.05, 0.1) is 0 Å². The summed E-state index contributed by atoms with van der Waals surface area (Å²) in [5.41, 5.74) is 0.532. The Kier molecular flexibility index (Phi) is 35.5. The molecule has 0 aromatic carbocycles. The highest BCUT2D eigenvalue weighted by Gasteiger charge is 2.08. The predicted octanol–water partition coefficient (Wildman–Crippen LogP) is 16.5. The van der Waals surface area contributed by atoms with Gasteiger partial charge in [-0.1, -0.05) is 259 Å². The van der Waals surface area contributed by atoms with Crippen molar-refractivity contribution < 1.29 is 0 Å². The summed E-state index contributed by atoms with van der Waals surface area (Å²) in [6.45, 7) is 9.43. The molecule has 0 N–H and O–H groups in total. The summed E-state index contributed by atoms with van der Waals surface area (Å²) in [5.74, 6) is 0. The van der Waals surface area contributed by atoms with E-state index in [2.05, 4.69) is 27.7 Å². The summed E-state index contributed by atoms with van der Waals surface area (Å²) in [4.78, 5) is 0. The molecule has 0 aliphatic heterocycles. The average Bonchev–Trinajstić information content (AvgIpc) is 2.96. The molecule has 0 spiro atoms. The van der Waals surface area contributed by atoms with E-state index in [1.165, 1.54) is 238 Å². The summed E-state index contributed by atoms with van der Waals surface area (Å²) < 4.78 is 0. The summed E-state index contributed by atoms with van der Waals surface area (Å²) >= 11 is 0. The Hall–Kier alpha value is 0. The molecule has 42 heavy (non-hydrogen) atoms. The zero-order chi connectivity index (χ0) is 30.7. The normalized spacial score (nSPS) is 12.0. The molecule has 0 heterocycles. The summed E-state index contributed by atoms with van der Waals surface area (Å²) in [5, 5.41) is 0. The van der Waals surface area contributed by atoms with Gasteiger partial charge in [0.25, 0.3) is 0 Å². The van der Waals surface area contributed by atoms with Gasteiger partial charge < -0.3 is 0 Å². The Balaban J connectivity index is 3.04. The van der Waals surface area contributed by atoms with Crippen LogP contribution in [0.5, 0.6) is 0 Å². The number of hydrogen-bond acceptors (Lipinski definition) is 0. The molecule has 0 fully saturated rings. The molecule has 0 saturated carbocycles. The highest BCUT2D eigenvalue weighted by molar-refractivity contribution is 4.61. The van der Waals surface area contributed by atoms with Gasteiger partial charge in [-0.15, -0.1) is 0 Å². The van der Waals surface area contributed by atoms with Gasteiger partial charge in [0.15, 0.2) is 0 Å². The topological polar surface area (TPSA) is 0 Å². The molecule has 0 heteroatoms. The van der Waals surface area contributed by atoms with Crippen LogP contribution in [0.3, 0.4) is 0 Å². The summed E-state index contributed by atoms with van der Waals surface area (Å²) in [7, 11) is 0. The van der Waals surface area contributed by atoms with E-state index in [9.17, 15) is 0 Å². The Bertz CT molecular complexity index is 457. The van der Waals surface area contributed by atoms with E-state index < -0.39 is 0 Å². The first-order chi connectivity index (χ1) is 20.6. The molecule has 0 radical (unpaired) electrons. The van der Waals surface area contributed by atoms with Gasteiger partial charge >= 0.3 is 0 Å². The zero-order valence-corrected chi connectivity index (χ0v) is 30.7. The second kappa shape index (κ2) is 35.5. The van der Waals surface area contributed by atoms with Crippen molar-refractivity contribution in [2.24, 2.45) is 5.41 Å². The van der Waals surface area contributed by atoms with Crippen molar-refractivity contribution in [3.63, 3.8) is 0 Å². The first kappa shape index (κ1) is 42.0. The smallest absolute Gasteiger partial charge is 0.0383 e. The SMILES string of the molecule is CCCCCCCCCCCCCCCCCCCCCCCCCCCCCCCCCCCCCCC(C)(C)C. The zero-order valence-electron chi connectivity index (χ0n) is 30.7. The third kappa shape index (κ3) is 40.0. The van der Waals surface area contributed by atoms with E-state index in [-0.39, 0.29) is 0 Å². The highest BCUT2D eigenvalue weighted by Crippen LogP contribution is 2.23. The minimum absolute atomic E-state index is 0.532. The second-order valence-corrected chi connectivity index (χ2v) is 15.7. The van der Waals surface area contributed by atoms with Crippen LogP contribution in [0.15, 0.2) is 0 Å². The molecule has 0 aliphatic carbocycles. The fraction of sp³-hybridized carbons (Fsp3) is 1.00. The van der Waals surface area contributed by atoms with E-state index >= 15 is 0 Å². The molecule has 0 amide bonds. The lowest BCUT2D eigenvalue weighted by molar-refractivity contribution is 0.356. The molecule has 0 aromatic rings. The van der Waals surface area contributed by atoms with Gasteiger partial charge in [0.2, 0.25) is 0 Å². The van der Waals surface area contributed by atoms with E-state index in [0.29, 0.717) is 5.41 Å². The minimum atomic E-state index is 0.532. The van der Waals surface area contributed by atoms with Crippen LogP contribution in [-0.2, 0) is 0 Å². The molecule has 0 bridgehead atoms. The van der Waals surface area contributed by atoms with Crippen molar-refractivity contribution in [3.8, 4) is 0 Å². The maximum atomic E-state index is 2.37. The number of hydrogen-bond donors (Lipinski definition) is 0. The monoisotopic (exact) mass is 591 g/mol. The molecule has 0 nitrogen and oxygen atoms in total.